The summed E-state index contributed by atoms with van der Waals surface area (Å²) < 4.78 is 40.1. The molecule has 0 saturated carbocycles. The molecule has 106 valence electrons. The molecule has 0 unspecified atom stereocenters. The molecular formula is C15H14F3NO. The molecule has 20 heavy (non-hydrogen) atoms. The van der Waals surface area contributed by atoms with Crippen molar-refractivity contribution in [2.24, 2.45) is 5.73 Å². The zero-order valence-corrected chi connectivity index (χ0v) is 10.9. The highest BCUT2D eigenvalue weighted by molar-refractivity contribution is 5.68. The van der Waals surface area contributed by atoms with Gasteiger partial charge in [0.15, 0.2) is 0 Å². The maximum atomic E-state index is 12.1. The number of rotatable bonds is 3. The van der Waals surface area contributed by atoms with E-state index in [2.05, 4.69) is 4.74 Å². The van der Waals surface area contributed by atoms with Gasteiger partial charge < -0.3 is 10.5 Å². The number of hydrogen-bond acceptors (Lipinski definition) is 2. The first-order valence-electron chi connectivity index (χ1n) is 6.05. The van der Waals surface area contributed by atoms with Gasteiger partial charge >= 0.3 is 6.36 Å². The van der Waals surface area contributed by atoms with Crippen molar-refractivity contribution in [3.05, 3.63) is 53.6 Å². The number of ether oxygens (including phenoxy) is 1. The first kappa shape index (κ1) is 14.4. The average Bonchev–Trinajstić information content (AvgIpc) is 2.38. The molecule has 2 rings (SSSR count). The maximum absolute atomic E-state index is 12.1. The van der Waals surface area contributed by atoms with Gasteiger partial charge in [0.05, 0.1) is 0 Å². The largest absolute Gasteiger partial charge is 0.573 e. The minimum atomic E-state index is -4.67. The molecule has 0 aliphatic rings. The lowest BCUT2D eigenvalue weighted by molar-refractivity contribution is -0.274. The van der Waals surface area contributed by atoms with E-state index in [9.17, 15) is 13.2 Å². The Kier molecular flexibility index (Phi) is 3.99. The van der Waals surface area contributed by atoms with Crippen molar-refractivity contribution >= 4 is 0 Å². The lowest BCUT2D eigenvalue weighted by atomic mass is 9.97. The molecule has 0 amide bonds. The van der Waals surface area contributed by atoms with E-state index in [1.165, 1.54) is 12.1 Å². The SMILES string of the molecule is Cc1ccc(CN)c(-c2ccc(OC(F)(F)F)cc2)c1. The summed E-state index contributed by atoms with van der Waals surface area (Å²) >= 11 is 0. The maximum Gasteiger partial charge on any atom is 0.573 e. The Morgan fingerprint density at radius 3 is 2.25 bits per heavy atom. The van der Waals surface area contributed by atoms with E-state index in [4.69, 9.17) is 5.73 Å². The summed E-state index contributed by atoms with van der Waals surface area (Å²) in [5.74, 6) is -0.233. The molecule has 0 spiro atoms. The molecule has 2 aromatic rings. The second kappa shape index (κ2) is 5.54. The van der Waals surface area contributed by atoms with Gasteiger partial charge in [-0.05, 0) is 35.7 Å². The van der Waals surface area contributed by atoms with Gasteiger partial charge in [0.25, 0.3) is 0 Å². The standard InChI is InChI=1S/C15H14F3NO/c1-10-2-3-12(9-19)14(8-10)11-4-6-13(7-5-11)20-15(16,17)18/h2-8H,9,19H2,1H3. The van der Waals surface area contributed by atoms with Crippen LogP contribution in [0.4, 0.5) is 13.2 Å². The third-order valence-electron chi connectivity index (χ3n) is 2.88. The Hall–Kier alpha value is -2.01. The molecule has 0 atom stereocenters. The third kappa shape index (κ3) is 3.51. The summed E-state index contributed by atoms with van der Waals surface area (Å²) in [5, 5.41) is 0. The topological polar surface area (TPSA) is 35.2 Å². The van der Waals surface area contributed by atoms with Gasteiger partial charge in [0.2, 0.25) is 0 Å². The Morgan fingerprint density at radius 1 is 1.05 bits per heavy atom. The first-order valence-corrected chi connectivity index (χ1v) is 6.05. The van der Waals surface area contributed by atoms with Gasteiger partial charge in [-0.1, -0.05) is 35.9 Å². The van der Waals surface area contributed by atoms with Crippen molar-refractivity contribution in [1.29, 1.82) is 0 Å². The molecule has 2 N–H and O–H groups in total. The molecule has 0 radical (unpaired) electrons. The van der Waals surface area contributed by atoms with E-state index in [-0.39, 0.29) is 5.75 Å². The molecule has 0 heterocycles. The van der Waals surface area contributed by atoms with Gasteiger partial charge in [-0.25, -0.2) is 0 Å². The van der Waals surface area contributed by atoms with Crippen LogP contribution in [0.5, 0.6) is 5.75 Å². The average molecular weight is 281 g/mol. The van der Waals surface area contributed by atoms with Gasteiger partial charge in [0, 0.05) is 6.54 Å². The minimum absolute atomic E-state index is 0.233. The monoisotopic (exact) mass is 281 g/mol. The summed E-state index contributed by atoms with van der Waals surface area (Å²) in [5.41, 5.74) is 9.42. The van der Waals surface area contributed by atoms with Crippen LogP contribution in [0.25, 0.3) is 11.1 Å². The Bertz CT molecular complexity index is 591. The fraction of sp³-hybridized carbons (Fsp3) is 0.200. The van der Waals surface area contributed by atoms with E-state index >= 15 is 0 Å². The smallest absolute Gasteiger partial charge is 0.406 e. The van der Waals surface area contributed by atoms with Crippen LogP contribution in [0.1, 0.15) is 11.1 Å². The van der Waals surface area contributed by atoms with Crippen molar-refractivity contribution in [3.8, 4) is 16.9 Å². The quantitative estimate of drug-likeness (QED) is 0.922. The number of nitrogens with two attached hydrogens (primary N) is 1. The fourth-order valence-corrected chi connectivity index (χ4v) is 1.97. The molecule has 0 aliphatic carbocycles. The lowest BCUT2D eigenvalue weighted by Crippen LogP contribution is -2.16. The van der Waals surface area contributed by atoms with E-state index < -0.39 is 6.36 Å². The number of benzene rings is 2. The molecule has 0 aromatic heterocycles. The number of aryl methyl sites for hydroxylation is 1. The number of hydrogen-bond donors (Lipinski definition) is 1. The van der Waals surface area contributed by atoms with E-state index in [0.717, 1.165) is 22.3 Å². The van der Waals surface area contributed by atoms with Crippen molar-refractivity contribution in [1.82, 2.24) is 0 Å². The van der Waals surface area contributed by atoms with Crippen LogP contribution in [0.15, 0.2) is 42.5 Å². The molecular weight excluding hydrogens is 267 g/mol. The first-order chi connectivity index (χ1) is 9.39. The van der Waals surface area contributed by atoms with Crippen LogP contribution < -0.4 is 10.5 Å². The summed E-state index contributed by atoms with van der Waals surface area (Å²) in [6.45, 7) is 2.32. The van der Waals surface area contributed by atoms with Gasteiger partial charge in [-0.15, -0.1) is 13.2 Å². The van der Waals surface area contributed by atoms with Crippen LogP contribution in [0.3, 0.4) is 0 Å². The molecule has 2 nitrogen and oxygen atoms in total. The van der Waals surface area contributed by atoms with Gasteiger partial charge in [-0.2, -0.15) is 0 Å². The summed E-state index contributed by atoms with van der Waals surface area (Å²) in [7, 11) is 0. The molecule has 0 bridgehead atoms. The van der Waals surface area contributed by atoms with Gasteiger partial charge in [-0.3, -0.25) is 0 Å². The highest BCUT2D eigenvalue weighted by atomic mass is 19.4. The predicted molar refractivity (Wildman–Crippen MR) is 71.2 cm³/mol. The van der Waals surface area contributed by atoms with Crippen molar-refractivity contribution in [3.63, 3.8) is 0 Å². The molecule has 5 heteroatoms. The number of halogens is 3. The van der Waals surface area contributed by atoms with Crippen LogP contribution >= 0.6 is 0 Å². The second-order valence-corrected chi connectivity index (χ2v) is 4.44. The predicted octanol–water partition coefficient (Wildman–Crippen LogP) is 4.02. The fourth-order valence-electron chi connectivity index (χ4n) is 1.97. The Labute approximate surface area is 115 Å². The second-order valence-electron chi connectivity index (χ2n) is 4.44. The van der Waals surface area contributed by atoms with Crippen molar-refractivity contribution in [2.45, 2.75) is 19.8 Å². The molecule has 2 aromatic carbocycles. The molecule has 0 fully saturated rings. The normalized spacial score (nSPS) is 11.4. The highest BCUT2D eigenvalue weighted by Crippen LogP contribution is 2.29. The summed E-state index contributed by atoms with van der Waals surface area (Å²) in [6.07, 6.45) is -4.67. The zero-order chi connectivity index (χ0) is 14.8. The van der Waals surface area contributed by atoms with Crippen LogP contribution in [-0.2, 0) is 6.54 Å². The minimum Gasteiger partial charge on any atom is -0.406 e. The van der Waals surface area contributed by atoms with Crippen molar-refractivity contribution in [2.75, 3.05) is 0 Å². The summed E-state index contributed by atoms with van der Waals surface area (Å²) in [4.78, 5) is 0. The highest BCUT2D eigenvalue weighted by Gasteiger charge is 2.30. The zero-order valence-electron chi connectivity index (χ0n) is 10.9. The van der Waals surface area contributed by atoms with E-state index in [1.54, 1.807) is 12.1 Å². The van der Waals surface area contributed by atoms with Crippen molar-refractivity contribution < 1.29 is 17.9 Å². The van der Waals surface area contributed by atoms with Crippen LogP contribution in [-0.4, -0.2) is 6.36 Å². The lowest BCUT2D eigenvalue weighted by Gasteiger charge is -2.12. The van der Waals surface area contributed by atoms with E-state index in [1.807, 2.05) is 25.1 Å². The van der Waals surface area contributed by atoms with Gasteiger partial charge in [0.1, 0.15) is 5.75 Å². The molecule has 0 aliphatic heterocycles. The summed E-state index contributed by atoms with van der Waals surface area (Å²) in [6, 6.07) is 11.6. The Morgan fingerprint density at radius 2 is 1.70 bits per heavy atom. The van der Waals surface area contributed by atoms with E-state index in [0.29, 0.717) is 6.54 Å². The molecule has 0 saturated heterocycles. The number of alkyl halides is 3. The third-order valence-corrected chi connectivity index (χ3v) is 2.88. The van der Waals surface area contributed by atoms with Crippen LogP contribution in [0.2, 0.25) is 0 Å². The Balaban J connectivity index is 2.33. The van der Waals surface area contributed by atoms with Crippen LogP contribution in [0, 0.1) is 6.92 Å².